The van der Waals surface area contributed by atoms with E-state index in [2.05, 4.69) is 26.2 Å². The standard InChI is InChI=1S/C12H14BrN3OS.2ClH/c13-8-1-2-10-9(7-8)16-12(18-10)4-3-11(17)15-6-5-14;;/h1-2,7H,3-6,14H2,(H,15,17);2*1H. The Kier molecular flexibility index (Phi) is 9.33. The summed E-state index contributed by atoms with van der Waals surface area (Å²) in [6.07, 6.45) is 1.13. The van der Waals surface area contributed by atoms with E-state index in [0.29, 0.717) is 25.9 Å². The summed E-state index contributed by atoms with van der Waals surface area (Å²) in [6, 6.07) is 6.02. The minimum Gasteiger partial charge on any atom is -0.355 e. The van der Waals surface area contributed by atoms with E-state index in [0.717, 1.165) is 19.7 Å². The molecule has 2 aromatic rings. The summed E-state index contributed by atoms with van der Waals surface area (Å²) in [5, 5.41) is 3.74. The lowest BCUT2D eigenvalue weighted by Gasteiger charge is -2.00. The number of benzene rings is 1. The Labute approximate surface area is 142 Å². The SMILES string of the molecule is Cl.Cl.NCCNC(=O)CCc1nc2cc(Br)ccc2s1. The molecule has 20 heavy (non-hydrogen) atoms. The molecule has 4 nitrogen and oxygen atoms in total. The molecule has 0 aliphatic rings. The van der Waals surface area contributed by atoms with E-state index < -0.39 is 0 Å². The van der Waals surface area contributed by atoms with Gasteiger partial charge in [-0.05, 0) is 18.2 Å². The van der Waals surface area contributed by atoms with Crippen molar-refractivity contribution in [2.45, 2.75) is 12.8 Å². The zero-order valence-electron chi connectivity index (χ0n) is 10.6. The largest absolute Gasteiger partial charge is 0.355 e. The lowest BCUT2D eigenvalue weighted by molar-refractivity contribution is -0.120. The first-order valence-electron chi connectivity index (χ1n) is 5.71. The molecule has 0 spiro atoms. The van der Waals surface area contributed by atoms with Crippen molar-refractivity contribution in [3.63, 3.8) is 0 Å². The van der Waals surface area contributed by atoms with Crippen molar-refractivity contribution in [1.82, 2.24) is 10.3 Å². The third-order valence-electron chi connectivity index (χ3n) is 2.43. The van der Waals surface area contributed by atoms with Crippen molar-refractivity contribution in [3.05, 3.63) is 27.7 Å². The Morgan fingerprint density at radius 2 is 2.15 bits per heavy atom. The number of hydrogen-bond acceptors (Lipinski definition) is 4. The van der Waals surface area contributed by atoms with Gasteiger partial charge in [-0.25, -0.2) is 4.98 Å². The van der Waals surface area contributed by atoms with Gasteiger partial charge in [0.1, 0.15) is 0 Å². The van der Waals surface area contributed by atoms with Gasteiger partial charge in [0.25, 0.3) is 0 Å². The second-order valence-electron chi connectivity index (χ2n) is 3.86. The average Bonchev–Trinajstić information content (AvgIpc) is 2.75. The summed E-state index contributed by atoms with van der Waals surface area (Å²) in [5.41, 5.74) is 6.30. The molecule has 0 unspecified atom stereocenters. The highest BCUT2D eigenvalue weighted by atomic mass is 79.9. The van der Waals surface area contributed by atoms with E-state index in [1.807, 2.05) is 18.2 Å². The van der Waals surface area contributed by atoms with Crippen LogP contribution in [-0.4, -0.2) is 24.0 Å². The lowest BCUT2D eigenvalue weighted by atomic mass is 10.3. The summed E-state index contributed by atoms with van der Waals surface area (Å²) in [7, 11) is 0. The molecule has 0 saturated heterocycles. The molecule has 3 N–H and O–H groups in total. The number of aromatic nitrogens is 1. The van der Waals surface area contributed by atoms with Gasteiger partial charge in [-0.2, -0.15) is 0 Å². The molecular formula is C12H16BrCl2N3OS. The Morgan fingerprint density at radius 1 is 1.40 bits per heavy atom. The number of nitrogens with one attached hydrogen (secondary N) is 1. The lowest BCUT2D eigenvalue weighted by Crippen LogP contribution is -2.29. The van der Waals surface area contributed by atoms with Crippen LogP contribution in [0.1, 0.15) is 11.4 Å². The second kappa shape index (κ2) is 9.52. The molecule has 1 aromatic heterocycles. The van der Waals surface area contributed by atoms with Gasteiger partial charge in [0.15, 0.2) is 0 Å². The summed E-state index contributed by atoms with van der Waals surface area (Å²) in [5.74, 6) is 0.0286. The zero-order valence-corrected chi connectivity index (χ0v) is 14.6. The van der Waals surface area contributed by atoms with Gasteiger partial charge in [-0.1, -0.05) is 15.9 Å². The van der Waals surface area contributed by atoms with Crippen LogP contribution in [0.5, 0.6) is 0 Å². The maximum Gasteiger partial charge on any atom is 0.220 e. The van der Waals surface area contributed by atoms with Crippen LogP contribution in [-0.2, 0) is 11.2 Å². The molecule has 1 heterocycles. The third-order valence-corrected chi connectivity index (χ3v) is 4.02. The maximum atomic E-state index is 11.4. The number of halogens is 3. The number of aryl methyl sites for hydroxylation is 1. The van der Waals surface area contributed by atoms with Crippen LogP contribution in [0.4, 0.5) is 0 Å². The third kappa shape index (κ3) is 5.54. The van der Waals surface area contributed by atoms with Gasteiger partial charge < -0.3 is 11.1 Å². The van der Waals surface area contributed by atoms with Gasteiger partial charge in [-0.3, -0.25) is 4.79 Å². The molecule has 1 aromatic carbocycles. The van der Waals surface area contributed by atoms with Gasteiger partial charge >= 0.3 is 0 Å². The van der Waals surface area contributed by atoms with E-state index >= 15 is 0 Å². The van der Waals surface area contributed by atoms with Crippen LogP contribution in [0.2, 0.25) is 0 Å². The smallest absolute Gasteiger partial charge is 0.220 e. The fourth-order valence-electron chi connectivity index (χ4n) is 1.58. The fourth-order valence-corrected chi connectivity index (χ4v) is 2.87. The number of carbonyl (C=O) groups is 1. The molecule has 0 fully saturated rings. The minimum atomic E-state index is 0. The number of carbonyl (C=O) groups excluding carboxylic acids is 1. The van der Waals surface area contributed by atoms with Gasteiger partial charge in [0, 0.05) is 30.4 Å². The van der Waals surface area contributed by atoms with E-state index in [1.165, 1.54) is 0 Å². The first-order chi connectivity index (χ1) is 8.69. The molecule has 1 amide bonds. The average molecular weight is 401 g/mol. The van der Waals surface area contributed by atoms with E-state index in [-0.39, 0.29) is 30.7 Å². The van der Waals surface area contributed by atoms with Crippen LogP contribution in [0.15, 0.2) is 22.7 Å². The fraction of sp³-hybridized carbons (Fsp3) is 0.333. The molecule has 0 saturated carbocycles. The number of rotatable bonds is 5. The maximum absolute atomic E-state index is 11.4. The first-order valence-corrected chi connectivity index (χ1v) is 7.32. The van der Waals surface area contributed by atoms with E-state index in [9.17, 15) is 4.79 Å². The summed E-state index contributed by atoms with van der Waals surface area (Å²) in [6.45, 7) is 1.01. The van der Waals surface area contributed by atoms with Crippen molar-refractivity contribution in [2.24, 2.45) is 5.73 Å². The molecule has 0 bridgehead atoms. The highest BCUT2D eigenvalue weighted by Crippen LogP contribution is 2.25. The van der Waals surface area contributed by atoms with Gasteiger partial charge in [0.2, 0.25) is 5.91 Å². The quantitative estimate of drug-likeness (QED) is 0.810. The minimum absolute atomic E-state index is 0. The van der Waals surface area contributed by atoms with Crippen LogP contribution in [0.3, 0.4) is 0 Å². The van der Waals surface area contributed by atoms with Gasteiger partial charge in [-0.15, -0.1) is 36.2 Å². The zero-order chi connectivity index (χ0) is 13.0. The predicted molar refractivity (Wildman–Crippen MR) is 92.2 cm³/mol. The Balaban J connectivity index is 0.00000180. The molecule has 0 aliphatic carbocycles. The van der Waals surface area contributed by atoms with Crippen LogP contribution < -0.4 is 11.1 Å². The molecule has 2 rings (SSSR count). The van der Waals surface area contributed by atoms with Crippen LogP contribution in [0.25, 0.3) is 10.2 Å². The van der Waals surface area contributed by atoms with Crippen molar-refractivity contribution < 1.29 is 4.79 Å². The molecular weight excluding hydrogens is 385 g/mol. The van der Waals surface area contributed by atoms with Gasteiger partial charge in [0.05, 0.1) is 15.2 Å². The molecule has 0 radical (unpaired) electrons. The number of fused-ring (bicyclic) bond motifs is 1. The predicted octanol–water partition coefficient (Wildman–Crippen LogP) is 2.91. The summed E-state index contributed by atoms with van der Waals surface area (Å²) >= 11 is 5.06. The topological polar surface area (TPSA) is 68.0 Å². The van der Waals surface area contributed by atoms with Crippen molar-refractivity contribution in [2.75, 3.05) is 13.1 Å². The highest BCUT2D eigenvalue weighted by Gasteiger charge is 2.07. The number of amides is 1. The Bertz CT molecular complexity index is 565. The molecule has 112 valence electrons. The number of nitrogens with two attached hydrogens (primary N) is 1. The monoisotopic (exact) mass is 399 g/mol. The Hall–Kier alpha value is -0.400. The van der Waals surface area contributed by atoms with Crippen molar-refractivity contribution in [1.29, 1.82) is 0 Å². The van der Waals surface area contributed by atoms with Crippen LogP contribution >= 0.6 is 52.1 Å². The molecule has 0 atom stereocenters. The Morgan fingerprint density at radius 3 is 2.85 bits per heavy atom. The highest BCUT2D eigenvalue weighted by molar-refractivity contribution is 9.10. The van der Waals surface area contributed by atoms with E-state index in [4.69, 9.17) is 5.73 Å². The normalized spacial score (nSPS) is 9.70. The number of thiazole rings is 1. The second-order valence-corrected chi connectivity index (χ2v) is 5.89. The molecule has 0 aliphatic heterocycles. The number of nitrogens with zero attached hydrogens (tertiary/aromatic N) is 1. The van der Waals surface area contributed by atoms with Crippen molar-refractivity contribution >= 4 is 68.2 Å². The summed E-state index contributed by atoms with van der Waals surface area (Å²) < 4.78 is 2.17. The summed E-state index contributed by atoms with van der Waals surface area (Å²) in [4.78, 5) is 16.0. The van der Waals surface area contributed by atoms with E-state index in [1.54, 1.807) is 11.3 Å². The van der Waals surface area contributed by atoms with Crippen LogP contribution in [0, 0.1) is 0 Å². The number of hydrogen-bond donors (Lipinski definition) is 2. The first kappa shape index (κ1) is 19.6. The molecule has 8 heteroatoms. The van der Waals surface area contributed by atoms with Crippen molar-refractivity contribution in [3.8, 4) is 0 Å².